The number of carbonyl (C=O) groups excluding carboxylic acids is 1. The molecule has 0 spiro atoms. The number of amides is 1. The van der Waals surface area contributed by atoms with Crippen molar-refractivity contribution in [3.63, 3.8) is 0 Å². The first-order valence-corrected chi connectivity index (χ1v) is 13.5. The van der Waals surface area contributed by atoms with Crippen LogP contribution in [0.1, 0.15) is 35.7 Å². The minimum absolute atomic E-state index is 0.148. The maximum Gasteiger partial charge on any atom is 0.279 e. The first-order chi connectivity index (χ1) is 16.4. The van der Waals surface area contributed by atoms with Crippen LogP contribution in [-0.4, -0.2) is 49.5 Å². The molecule has 178 valence electrons. The molecule has 0 aliphatic carbocycles. The van der Waals surface area contributed by atoms with Gasteiger partial charge in [0.05, 0.1) is 34.9 Å². The molecule has 0 N–H and O–H groups in total. The summed E-state index contributed by atoms with van der Waals surface area (Å²) in [6.45, 7) is 3.86. The molecule has 3 aromatic rings. The fourth-order valence-corrected chi connectivity index (χ4v) is 6.34. The molecule has 2 heterocycles. The maximum atomic E-state index is 12.9. The van der Waals surface area contributed by atoms with Gasteiger partial charge in [0.1, 0.15) is 0 Å². The number of fused-ring (bicyclic) bond motifs is 1. The number of sulfonamides is 1. The van der Waals surface area contributed by atoms with Crippen molar-refractivity contribution >= 4 is 37.5 Å². The number of morpholine rings is 1. The summed E-state index contributed by atoms with van der Waals surface area (Å²) in [6.07, 6.45) is 8.82. The van der Waals surface area contributed by atoms with Crippen molar-refractivity contribution in [2.75, 3.05) is 26.3 Å². The van der Waals surface area contributed by atoms with Gasteiger partial charge in [0.15, 0.2) is 4.80 Å². The molecular weight excluding hydrogens is 470 g/mol. The molecule has 0 radical (unpaired) electrons. The van der Waals surface area contributed by atoms with E-state index in [1.165, 1.54) is 45.5 Å². The van der Waals surface area contributed by atoms with E-state index in [1.54, 1.807) is 0 Å². The standard InChI is InChI=1S/C25H27N3O4S2/c1-3-5-6-19-7-12-22-23(18-19)33-25(28(22)13-4-2)26-24(29)20-8-10-21(11-9-20)34(30,31)27-14-16-32-17-15-27/h2,7-12,18H,3,5-6,13-17H2,1H3. The highest BCUT2D eigenvalue weighted by Gasteiger charge is 2.26. The summed E-state index contributed by atoms with van der Waals surface area (Å²) in [6, 6.07) is 12.2. The zero-order chi connectivity index (χ0) is 24.1. The van der Waals surface area contributed by atoms with E-state index in [4.69, 9.17) is 11.2 Å². The van der Waals surface area contributed by atoms with Crippen LogP contribution in [0.3, 0.4) is 0 Å². The van der Waals surface area contributed by atoms with Crippen molar-refractivity contribution in [3.8, 4) is 12.3 Å². The number of hydrogen-bond donors (Lipinski definition) is 0. The Morgan fingerprint density at radius 3 is 2.59 bits per heavy atom. The van der Waals surface area contributed by atoms with E-state index in [0.29, 0.717) is 43.2 Å². The number of nitrogens with zero attached hydrogens (tertiary/aromatic N) is 3. The summed E-state index contributed by atoms with van der Waals surface area (Å²) in [5, 5.41) is 0. The molecule has 0 saturated carbocycles. The summed E-state index contributed by atoms with van der Waals surface area (Å²) in [4.78, 5) is 17.9. The Morgan fingerprint density at radius 1 is 1.18 bits per heavy atom. The van der Waals surface area contributed by atoms with E-state index in [-0.39, 0.29) is 4.90 Å². The third-order valence-electron chi connectivity index (χ3n) is 5.72. The normalized spacial score (nSPS) is 15.5. The molecule has 0 bridgehead atoms. The fraction of sp³-hybridized carbons (Fsp3) is 0.360. The Hall–Kier alpha value is -2.77. The van der Waals surface area contributed by atoms with E-state index >= 15 is 0 Å². The lowest BCUT2D eigenvalue weighted by Gasteiger charge is -2.26. The van der Waals surface area contributed by atoms with E-state index < -0.39 is 15.9 Å². The number of hydrogen-bond acceptors (Lipinski definition) is 5. The van der Waals surface area contributed by atoms with Crippen LogP contribution >= 0.6 is 11.3 Å². The van der Waals surface area contributed by atoms with Crippen molar-refractivity contribution in [2.45, 2.75) is 37.6 Å². The van der Waals surface area contributed by atoms with E-state index in [9.17, 15) is 13.2 Å². The number of terminal acetylenes is 1. The third-order valence-corrected chi connectivity index (χ3v) is 8.68. The Labute approximate surface area is 203 Å². The van der Waals surface area contributed by atoms with Crippen LogP contribution in [0.2, 0.25) is 0 Å². The Balaban J connectivity index is 1.63. The van der Waals surface area contributed by atoms with Crippen LogP contribution in [-0.2, 0) is 27.7 Å². The number of thiazole rings is 1. The van der Waals surface area contributed by atoms with Crippen molar-refractivity contribution in [1.29, 1.82) is 0 Å². The van der Waals surface area contributed by atoms with Gasteiger partial charge in [0.2, 0.25) is 10.0 Å². The van der Waals surface area contributed by atoms with E-state index in [0.717, 1.165) is 29.5 Å². The lowest BCUT2D eigenvalue weighted by atomic mass is 10.1. The van der Waals surface area contributed by atoms with E-state index in [1.807, 2.05) is 10.6 Å². The Bertz CT molecular complexity index is 1390. The molecule has 1 fully saturated rings. The van der Waals surface area contributed by atoms with Gasteiger partial charge >= 0.3 is 0 Å². The number of ether oxygens (including phenoxy) is 1. The SMILES string of the molecule is C#CCn1c(=NC(=O)c2ccc(S(=O)(=O)N3CCOCC3)cc2)sc2cc(CCCC)ccc21. The zero-order valence-corrected chi connectivity index (χ0v) is 20.7. The molecule has 1 saturated heterocycles. The number of aromatic nitrogens is 1. The Kier molecular flexibility index (Phi) is 7.63. The highest BCUT2D eigenvalue weighted by atomic mass is 32.2. The zero-order valence-electron chi connectivity index (χ0n) is 19.1. The van der Waals surface area contributed by atoms with Gasteiger partial charge in [0, 0.05) is 18.7 Å². The summed E-state index contributed by atoms with van der Waals surface area (Å²) in [5.41, 5.74) is 2.51. The smallest absolute Gasteiger partial charge is 0.279 e. The molecule has 34 heavy (non-hydrogen) atoms. The summed E-state index contributed by atoms with van der Waals surface area (Å²) in [7, 11) is -3.62. The minimum atomic E-state index is -3.62. The maximum absolute atomic E-state index is 12.9. The van der Waals surface area contributed by atoms with Gasteiger partial charge in [-0.05, 0) is 54.8 Å². The molecule has 9 heteroatoms. The van der Waals surface area contributed by atoms with Gasteiger partial charge in [-0.25, -0.2) is 8.42 Å². The van der Waals surface area contributed by atoms with Gasteiger partial charge < -0.3 is 9.30 Å². The summed E-state index contributed by atoms with van der Waals surface area (Å²) >= 11 is 1.43. The van der Waals surface area contributed by atoms with Gasteiger partial charge in [-0.15, -0.1) is 6.42 Å². The number of benzene rings is 2. The highest BCUT2D eigenvalue weighted by molar-refractivity contribution is 7.89. The van der Waals surface area contributed by atoms with Gasteiger partial charge in [-0.2, -0.15) is 9.30 Å². The van der Waals surface area contributed by atoms with Crippen molar-refractivity contribution in [1.82, 2.24) is 8.87 Å². The topological polar surface area (TPSA) is 81.0 Å². The van der Waals surface area contributed by atoms with Crippen LogP contribution in [0.25, 0.3) is 10.2 Å². The molecule has 7 nitrogen and oxygen atoms in total. The first kappa shape index (κ1) is 24.4. The number of unbranched alkanes of at least 4 members (excludes halogenated alkanes) is 1. The second-order valence-electron chi connectivity index (χ2n) is 8.04. The molecule has 1 aromatic heterocycles. The predicted molar refractivity (Wildman–Crippen MR) is 133 cm³/mol. The molecule has 0 atom stereocenters. The van der Waals surface area contributed by atoms with Crippen molar-refractivity contribution in [2.24, 2.45) is 4.99 Å². The second-order valence-corrected chi connectivity index (χ2v) is 11.0. The number of aryl methyl sites for hydroxylation is 1. The van der Waals surface area contributed by atoms with Gasteiger partial charge in [-0.3, -0.25) is 4.79 Å². The second kappa shape index (κ2) is 10.7. The molecule has 2 aromatic carbocycles. The molecule has 1 aliphatic heterocycles. The molecular formula is C25H27N3O4S2. The summed E-state index contributed by atoms with van der Waals surface area (Å²) < 4.78 is 35.1. The fourth-order valence-electron chi connectivity index (χ4n) is 3.84. The van der Waals surface area contributed by atoms with Crippen LogP contribution in [0.5, 0.6) is 0 Å². The molecule has 0 unspecified atom stereocenters. The van der Waals surface area contributed by atoms with Crippen LogP contribution < -0.4 is 4.80 Å². The lowest BCUT2D eigenvalue weighted by molar-refractivity contribution is 0.0730. The number of carbonyl (C=O) groups is 1. The Morgan fingerprint density at radius 2 is 1.91 bits per heavy atom. The van der Waals surface area contributed by atoms with E-state index in [2.05, 4.69) is 30.0 Å². The number of rotatable bonds is 7. The van der Waals surface area contributed by atoms with Crippen molar-refractivity contribution in [3.05, 3.63) is 58.4 Å². The predicted octanol–water partition coefficient (Wildman–Crippen LogP) is 3.44. The van der Waals surface area contributed by atoms with Gasteiger partial charge in [-0.1, -0.05) is 36.7 Å². The van der Waals surface area contributed by atoms with Gasteiger partial charge in [0.25, 0.3) is 5.91 Å². The van der Waals surface area contributed by atoms with Crippen molar-refractivity contribution < 1.29 is 17.9 Å². The average molecular weight is 498 g/mol. The lowest BCUT2D eigenvalue weighted by Crippen LogP contribution is -2.40. The summed E-state index contributed by atoms with van der Waals surface area (Å²) in [5.74, 6) is 2.19. The van der Waals surface area contributed by atoms with Crippen LogP contribution in [0.15, 0.2) is 52.4 Å². The van der Waals surface area contributed by atoms with Crippen LogP contribution in [0, 0.1) is 12.3 Å². The minimum Gasteiger partial charge on any atom is -0.379 e. The largest absolute Gasteiger partial charge is 0.379 e. The third kappa shape index (κ3) is 5.15. The first-order valence-electron chi connectivity index (χ1n) is 11.3. The average Bonchev–Trinajstić information content (AvgIpc) is 3.19. The quantitative estimate of drug-likeness (QED) is 0.469. The monoisotopic (exact) mass is 497 g/mol. The van der Waals surface area contributed by atoms with Crippen LogP contribution in [0.4, 0.5) is 0 Å². The molecule has 1 amide bonds. The highest BCUT2D eigenvalue weighted by Crippen LogP contribution is 2.21. The molecule has 4 rings (SSSR count). The molecule has 1 aliphatic rings.